The Morgan fingerprint density at radius 3 is 2.50 bits per heavy atom. The number of hydrogen-bond acceptors (Lipinski definition) is 4. The van der Waals surface area contributed by atoms with Crippen LogP contribution >= 0.6 is 0 Å². The van der Waals surface area contributed by atoms with Gasteiger partial charge in [0.05, 0.1) is 17.9 Å². The fourth-order valence-electron chi connectivity index (χ4n) is 3.50. The van der Waals surface area contributed by atoms with Gasteiger partial charge in [-0.05, 0) is 54.8 Å². The summed E-state index contributed by atoms with van der Waals surface area (Å²) in [7, 11) is 0. The molecule has 4 rings (SSSR count). The van der Waals surface area contributed by atoms with Crippen molar-refractivity contribution in [3.63, 3.8) is 0 Å². The van der Waals surface area contributed by atoms with E-state index in [0.717, 1.165) is 44.9 Å². The fourth-order valence-corrected chi connectivity index (χ4v) is 3.50. The van der Waals surface area contributed by atoms with E-state index in [9.17, 15) is 0 Å². The Kier molecular flexibility index (Phi) is 6.46. The second kappa shape index (κ2) is 9.79. The number of hydrogen-bond donors (Lipinski definition) is 1. The molecule has 0 aliphatic heterocycles. The maximum Gasteiger partial charge on any atom is 0.128 e. The molecule has 0 saturated heterocycles. The van der Waals surface area contributed by atoms with Gasteiger partial charge in [0.25, 0.3) is 0 Å². The number of nitrogens with two attached hydrogens (primary N) is 1. The summed E-state index contributed by atoms with van der Waals surface area (Å²) in [6.07, 6.45) is 5.42. The van der Waals surface area contributed by atoms with Gasteiger partial charge in [-0.15, -0.1) is 0 Å². The quantitative estimate of drug-likeness (QED) is 0.331. The lowest BCUT2D eigenvalue weighted by Crippen LogP contribution is -2.16. The molecule has 0 atom stereocenters. The van der Waals surface area contributed by atoms with Crippen molar-refractivity contribution in [1.29, 1.82) is 0 Å². The molecule has 0 aliphatic rings. The summed E-state index contributed by atoms with van der Waals surface area (Å²) in [6, 6.07) is 24.0. The number of aliphatic imine (C=N–C) groups is 2. The summed E-state index contributed by atoms with van der Waals surface area (Å²) >= 11 is 0. The highest BCUT2D eigenvalue weighted by molar-refractivity contribution is 6.09. The SMILES string of the molecule is CC(=Nc1cccc(-c2ccccc2)c1C(N)=NCc1ccccn1)c1cncc(C)c1. The third-order valence-corrected chi connectivity index (χ3v) is 5.10. The van der Waals surface area contributed by atoms with Crippen molar-refractivity contribution in [3.8, 4) is 11.1 Å². The number of amidine groups is 1. The van der Waals surface area contributed by atoms with E-state index in [1.54, 1.807) is 6.20 Å². The van der Waals surface area contributed by atoms with E-state index in [0.29, 0.717) is 12.4 Å². The van der Waals surface area contributed by atoms with Crippen molar-refractivity contribution in [2.75, 3.05) is 0 Å². The summed E-state index contributed by atoms with van der Waals surface area (Å²) in [5, 5.41) is 0. The van der Waals surface area contributed by atoms with Crippen LogP contribution in [0, 0.1) is 6.92 Å². The van der Waals surface area contributed by atoms with Gasteiger partial charge in [-0.2, -0.15) is 0 Å². The van der Waals surface area contributed by atoms with Gasteiger partial charge in [0.2, 0.25) is 0 Å². The summed E-state index contributed by atoms with van der Waals surface area (Å²) < 4.78 is 0. The van der Waals surface area contributed by atoms with E-state index < -0.39 is 0 Å². The first kappa shape index (κ1) is 21.1. The zero-order chi connectivity index (χ0) is 22.3. The molecule has 0 spiro atoms. The highest BCUT2D eigenvalue weighted by Crippen LogP contribution is 2.31. The number of benzene rings is 2. The highest BCUT2D eigenvalue weighted by Gasteiger charge is 2.14. The van der Waals surface area contributed by atoms with Gasteiger partial charge in [0.1, 0.15) is 5.84 Å². The van der Waals surface area contributed by atoms with Crippen LogP contribution in [-0.4, -0.2) is 21.5 Å². The Balaban J connectivity index is 1.82. The summed E-state index contributed by atoms with van der Waals surface area (Å²) in [6.45, 7) is 4.41. The maximum absolute atomic E-state index is 6.56. The second-order valence-electron chi connectivity index (χ2n) is 7.54. The minimum atomic E-state index is 0.403. The first-order valence-corrected chi connectivity index (χ1v) is 10.5. The Bertz CT molecular complexity index is 1260. The lowest BCUT2D eigenvalue weighted by Gasteiger charge is -2.14. The van der Waals surface area contributed by atoms with Gasteiger partial charge in [0, 0.05) is 35.4 Å². The van der Waals surface area contributed by atoms with Crippen LogP contribution in [0.1, 0.15) is 29.3 Å². The van der Waals surface area contributed by atoms with E-state index in [1.807, 2.05) is 74.8 Å². The predicted octanol–water partition coefficient (Wildman–Crippen LogP) is 5.50. The van der Waals surface area contributed by atoms with Crippen molar-refractivity contribution >= 4 is 17.2 Å². The minimum Gasteiger partial charge on any atom is -0.383 e. The molecule has 158 valence electrons. The van der Waals surface area contributed by atoms with Crippen LogP contribution in [0.2, 0.25) is 0 Å². The van der Waals surface area contributed by atoms with Crippen molar-refractivity contribution in [1.82, 2.24) is 9.97 Å². The molecule has 0 saturated carbocycles. The molecule has 2 aromatic carbocycles. The molecule has 4 aromatic rings. The molecular formula is C27H25N5. The number of pyridine rings is 2. The van der Waals surface area contributed by atoms with E-state index >= 15 is 0 Å². The first-order chi connectivity index (χ1) is 15.6. The molecule has 0 unspecified atom stereocenters. The monoisotopic (exact) mass is 419 g/mol. The lowest BCUT2D eigenvalue weighted by atomic mass is 9.97. The molecule has 5 nitrogen and oxygen atoms in total. The summed E-state index contributed by atoms with van der Waals surface area (Å²) in [5.41, 5.74) is 14.0. The standard InChI is InChI=1S/C27H25N5/c1-19-15-22(17-29-16-19)20(2)32-25-13-8-12-24(21-9-4-3-5-10-21)26(25)27(28)31-18-23-11-6-7-14-30-23/h3-17H,18H2,1-2H3,(H2,28,31). The maximum atomic E-state index is 6.56. The Morgan fingerprint density at radius 2 is 1.75 bits per heavy atom. The average Bonchev–Trinajstić information content (AvgIpc) is 2.83. The zero-order valence-electron chi connectivity index (χ0n) is 18.2. The number of rotatable bonds is 6. The smallest absolute Gasteiger partial charge is 0.128 e. The molecule has 2 heterocycles. The van der Waals surface area contributed by atoms with Gasteiger partial charge < -0.3 is 5.73 Å². The van der Waals surface area contributed by atoms with Crippen molar-refractivity contribution in [3.05, 3.63) is 114 Å². The van der Waals surface area contributed by atoms with Gasteiger partial charge in [-0.3, -0.25) is 20.0 Å². The van der Waals surface area contributed by atoms with Crippen LogP contribution in [0.4, 0.5) is 5.69 Å². The van der Waals surface area contributed by atoms with E-state index in [2.05, 4.69) is 39.2 Å². The largest absolute Gasteiger partial charge is 0.383 e. The third kappa shape index (κ3) is 4.95. The highest BCUT2D eigenvalue weighted by atomic mass is 14.9. The molecule has 0 bridgehead atoms. The van der Waals surface area contributed by atoms with Crippen LogP contribution in [0.15, 0.2) is 101 Å². The predicted molar refractivity (Wildman–Crippen MR) is 131 cm³/mol. The molecule has 0 aliphatic carbocycles. The molecule has 5 heteroatoms. The average molecular weight is 420 g/mol. The van der Waals surface area contributed by atoms with E-state index in [1.165, 1.54) is 0 Å². The molecule has 2 N–H and O–H groups in total. The number of nitrogens with zero attached hydrogens (tertiary/aromatic N) is 4. The molecule has 2 aromatic heterocycles. The molecule has 0 radical (unpaired) electrons. The first-order valence-electron chi connectivity index (χ1n) is 10.5. The van der Waals surface area contributed by atoms with Gasteiger partial charge >= 0.3 is 0 Å². The normalized spacial score (nSPS) is 12.1. The molecule has 0 fully saturated rings. The zero-order valence-corrected chi connectivity index (χ0v) is 18.2. The van der Waals surface area contributed by atoms with Gasteiger partial charge in [-0.1, -0.05) is 48.5 Å². The lowest BCUT2D eigenvalue weighted by molar-refractivity contribution is 0.986. The van der Waals surface area contributed by atoms with Crippen molar-refractivity contribution < 1.29 is 0 Å². The fraction of sp³-hybridized carbons (Fsp3) is 0.111. The second-order valence-corrected chi connectivity index (χ2v) is 7.54. The van der Waals surface area contributed by atoms with Gasteiger partial charge in [0.15, 0.2) is 0 Å². The summed E-state index contributed by atoms with van der Waals surface area (Å²) in [5.74, 6) is 0.434. The minimum absolute atomic E-state index is 0.403. The Hall–Kier alpha value is -4.12. The molecule has 0 amide bonds. The van der Waals surface area contributed by atoms with Crippen LogP contribution in [0.3, 0.4) is 0 Å². The topological polar surface area (TPSA) is 76.5 Å². The Morgan fingerprint density at radius 1 is 0.938 bits per heavy atom. The van der Waals surface area contributed by atoms with Crippen LogP contribution in [0.25, 0.3) is 11.1 Å². The number of aryl methyl sites for hydroxylation is 1. The third-order valence-electron chi connectivity index (χ3n) is 5.10. The molecular weight excluding hydrogens is 394 g/mol. The summed E-state index contributed by atoms with van der Waals surface area (Å²) in [4.78, 5) is 18.2. The van der Waals surface area contributed by atoms with E-state index in [4.69, 9.17) is 10.7 Å². The van der Waals surface area contributed by atoms with Crippen molar-refractivity contribution in [2.24, 2.45) is 15.7 Å². The molecule has 32 heavy (non-hydrogen) atoms. The van der Waals surface area contributed by atoms with Gasteiger partial charge in [-0.25, -0.2) is 0 Å². The Labute approximate surface area is 188 Å². The van der Waals surface area contributed by atoms with Crippen LogP contribution < -0.4 is 5.73 Å². The van der Waals surface area contributed by atoms with Crippen LogP contribution in [0.5, 0.6) is 0 Å². The number of aromatic nitrogens is 2. The van der Waals surface area contributed by atoms with Crippen molar-refractivity contribution in [2.45, 2.75) is 20.4 Å². The van der Waals surface area contributed by atoms with E-state index in [-0.39, 0.29) is 0 Å². The van der Waals surface area contributed by atoms with Crippen LogP contribution in [-0.2, 0) is 6.54 Å².